The van der Waals surface area contributed by atoms with Gasteiger partial charge in [-0.1, -0.05) is 30.3 Å². The van der Waals surface area contributed by atoms with Crippen LogP contribution >= 0.6 is 0 Å². The number of rotatable bonds is 13. The van der Waals surface area contributed by atoms with E-state index in [0.29, 0.717) is 5.56 Å². The van der Waals surface area contributed by atoms with E-state index in [2.05, 4.69) is 20.1 Å². The Bertz CT molecular complexity index is 776. The van der Waals surface area contributed by atoms with Gasteiger partial charge in [0, 0.05) is 6.42 Å². The van der Waals surface area contributed by atoms with Crippen molar-refractivity contribution in [2.24, 2.45) is 0 Å². The van der Waals surface area contributed by atoms with Crippen molar-refractivity contribution >= 4 is 18.0 Å². The minimum Gasteiger partial charge on any atom is -0.459 e. The number of hydrogen-bond donors (Lipinski definition) is 2. The van der Waals surface area contributed by atoms with Gasteiger partial charge in [-0.2, -0.15) is 17.6 Å². The number of benzene rings is 1. The normalized spacial score (nSPS) is 13.3. The molecule has 34 heavy (non-hydrogen) atoms. The third-order valence-corrected chi connectivity index (χ3v) is 3.87. The molecule has 1 aromatic rings. The Hall–Kier alpha value is -2.93. The average molecular weight is 496 g/mol. The van der Waals surface area contributed by atoms with Gasteiger partial charge in [0.25, 0.3) is 0 Å². The van der Waals surface area contributed by atoms with Gasteiger partial charge in [-0.25, -0.2) is 9.59 Å². The largest absolute Gasteiger partial charge is 0.459 e. The number of ether oxygens (including phenoxy) is 4. The van der Waals surface area contributed by atoms with E-state index in [1.807, 2.05) is 0 Å². The predicted octanol–water partition coefficient (Wildman–Crippen LogP) is 2.98. The Morgan fingerprint density at radius 2 is 1.53 bits per heavy atom. The summed E-state index contributed by atoms with van der Waals surface area (Å²) in [4.78, 5) is 37.1. The fraction of sp³-hybridized carbons (Fsp3) is 0.571. The molecule has 0 aliphatic heterocycles. The van der Waals surface area contributed by atoms with E-state index >= 15 is 0 Å². The lowest BCUT2D eigenvalue weighted by Gasteiger charge is -2.25. The summed E-state index contributed by atoms with van der Waals surface area (Å²) in [6, 6.07) is 5.25. The number of amides is 2. The van der Waals surface area contributed by atoms with Crippen LogP contribution in [-0.2, 0) is 35.1 Å². The van der Waals surface area contributed by atoms with Crippen LogP contribution in [0.1, 0.15) is 32.8 Å². The maximum absolute atomic E-state index is 12.7. The summed E-state index contributed by atoms with van der Waals surface area (Å²) >= 11 is 0. The third-order valence-electron chi connectivity index (χ3n) is 3.87. The molecule has 1 aromatic carbocycles. The van der Waals surface area contributed by atoms with E-state index in [9.17, 15) is 31.9 Å². The second-order valence-corrected chi connectivity index (χ2v) is 7.87. The van der Waals surface area contributed by atoms with Crippen LogP contribution in [0.2, 0.25) is 0 Å². The Morgan fingerprint density at radius 1 is 0.912 bits per heavy atom. The third kappa shape index (κ3) is 12.9. The van der Waals surface area contributed by atoms with Crippen LogP contribution in [0.5, 0.6) is 0 Å². The fourth-order valence-electron chi connectivity index (χ4n) is 2.43. The predicted molar refractivity (Wildman–Crippen MR) is 110 cm³/mol. The fourth-order valence-corrected chi connectivity index (χ4v) is 2.43. The molecular weight excluding hydrogens is 468 g/mol. The highest BCUT2D eigenvalue weighted by atomic mass is 19.3. The van der Waals surface area contributed by atoms with Crippen LogP contribution < -0.4 is 10.6 Å². The highest BCUT2D eigenvalue weighted by molar-refractivity contribution is 5.89. The van der Waals surface area contributed by atoms with Crippen molar-refractivity contribution in [2.75, 3.05) is 13.2 Å². The summed E-state index contributed by atoms with van der Waals surface area (Å²) in [5.41, 5.74) is -0.330. The van der Waals surface area contributed by atoms with Crippen molar-refractivity contribution in [3.8, 4) is 0 Å². The Kier molecular flexibility index (Phi) is 12.3. The maximum Gasteiger partial charge on any atom is 0.408 e. The minimum atomic E-state index is -3.24. The van der Waals surface area contributed by atoms with E-state index in [4.69, 9.17) is 9.47 Å². The second kappa shape index (κ2) is 14.4. The molecule has 0 fully saturated rings. The van der Waals surface area contributed by atoms with Crippen LogP contribution in [0, 0.1) is 0 Å². The van der Waals surface area contributed by atoms with Crippen molar-refractivity contribution < 1.29 is 50.9 Å². The highest BCUT2D eigenvalue weighted by Gasteiger charge is 2.30. The molecule has 13 heteroatoms. The lowest BCUT2D eigenvalue weighted by Crippen LogP contribution is -2.54. The first kappa shape index (κ1) is 29.1. The molecule has 0 heterocycles. The van der Waals surface area contributed by atoms with Gasteiger partial charge in [0.2, 0.25) is 5.91 Å². The van der Waals surface area contributed by atoms with Gasteiger partial charge in [0.1, 0.15) is 18.2 Å². The molecule has 0 aliphatic carbocycles. The van der Waals surface area contributed by atoms with Crippen LogP contribution in [-0.4, -0.2) is 62.1 Å². The molecule has 0 saturated carbocycles. The Balaban J connectivity index is 2.88. The van der Waals surface area contributed by atoms with Gasteiger partial charge in [-0.3, -0.25) is 4.79 Å². The molecule has 0 bridgehead atoms. The number of alkyl halides is 4. The monoisotopic (exact) mass is 496 g/mol. The molecule has 0 aliphatic rings. The number of esters is 1. The molecule has 2 unspecified atom stereocenters. The van der Waals surface area contributed by atoms with Crippen molar-refractivity contribution in [3.63, 3.8) is 0 Å². The first-order chi connectivity index (χ1) is 15.9. The van der Waals surface area contributed by atoms with Crippen LogP contribution in [0.25, 0.3) is 0 Å². The minimum absolute atomic E-state index is 0.206. The number of hydrogen-bond acceptors (Lipinski definition) is 7. The number of carbonyl (C=O) groups is 3. The zero-order valence-electron chi connectivity index (χ0n) is 18.9. The van der Waals surface area contributed by atoms with Crippen LogP contribution in [0.3, 0.4) is 0 Å². The van der Waals surface area contributed by atoms with Crippen molar-refractivity contribution in [2.45, 2.75) is 64.7 Å². The summed E-state index contributed by atoms with van der Waals surface area (Å²) in [7, 11) is 0. The molecule has 0 spiro atoms. The molecule has 1 rings (SSSR count). The first-order valence-electron chi connectivity index (χ1n) is 10.2. The van der Waals surface area contributed by atoms with Gasteiger partial charge >= 0.3 is 25.3 Å². The van der Waals surface area contributed by atoms with Crippen LogP contribution in [0.4, 0.5) is 22.4 Å². The Morgan fingerprint density at radius 3 is 2.09 bits per heavy atom. The quantitative estimate of drug-likeness (QED) is 0.319. The van der Waals surface area contributed by atoms with E-state index in [0.717, 1.165) is 0 Å². The maximum atomic E-state index is 12.7. The molecular formula is C21H28F4N2O7. The molecule has 2 amide bonds. The number of nitrogens with one attached hydrogen (secondary N) is 2. The van der Waals surface area contributed by atoms with Crippen molar-refractivity contribution in [1.29, 1.82) is 0 Å². The van der Waals surface area contributed by atoms with Gasteiger partial charge < -0.3 is 29.6 Å². The molecule has 0 aromatic heterocycles. The summed E-state index contributed by atoms with van der Waals surface area (Å²) in [5, 5.41) is 4.30. The summed E-state index contributed by atoms with van der Waals surface area (Å²) in [6.07, 6.45) is -1.48. The van der Waals surface area contributed by atoms with E-state index in [1.54, 1.807) is 51.1 Å². The molecule has 0 saturated heterocycles. The van der Waals surface area contributed by atoms with Gasteiger partial charge in [0.15, 0.2) is 6.04 Å². The molecule has 192 valence electrons. The van der Waals surface area contributed by atoms with E-state index in [-0.39, 0.29) is 6.61 Å². The van der Waals surface area contributed by atoms with Gasteiger partial charge in [0.05, 0.1) is 13.2 Å². The van der Waals surface area contributed by atoms with Crippen molar-refractivity contribution in [3.05, 3.63) is 35.9 Å². The van der Waals surface area contributed by atoms with E-state index < -0.39 is 68.5 Å². The molecule has 0 radical (unpaired) electrons. The van der Waals surface area contributed by atoms with Gasteiger partial charge in [-0.15, -0.1) is 0 Å². The summed E-state index contributed by atoms with van der Waals surface area (Å²) in [6.45, 7) is -3.47. The molecule has 2 atom stereocenters. The lowest BCUT2D eigenvalue weighted by molar-refractivity contribution is -0.161. The summed E-state index contributed by atoms with van der Waals surface area (Å²) < 4.78 is 68.0. The van der Waals surface area contributed by atoms with Crippen LogP contribution in [0.15, 0.2) is 30.3 Å². The lowest BCUT2D eigenvalue weighted by atomic mass is 10.1. The Labute approximate surface area is 194 Å². The summed E-state index contributed by atoms with van der Waals surface area (Å²) in [5.74, 6) is -2.14. The standard InChI is InChI=1S/C21H28F4N2O7/c1-21(2,3)34-20(30)27-14(9-10-31-18(22)23)16(28)26-15(12-33-19(24)25)17(29)32-11-13-7-5-4-6-8-13/h4-8,14-15,18-19H,9-12H2,1-3H3,(H,26,28)(H,27,30). The zero-order valence-corrected chi connectivity index (χ0v) is 18.9. The average Bonchev–Trinajstić information content (AvgIpc) is 2.73. The van der Waals surface area contributed by atoms with E-state index in [1.165, 1.54) is 0 Å². The molecule has 2 N–H and O–H groups in total. The SMILES string of the molecule is CC(C)(C)OC(=O)NC(CCOC(F)F)C(=O)NC(COC(F)F)C(=O)OCc1ccccc1. The molecule has 9 nitrogen and oxygen atoms in total. The number of halogens is 4. The zero-order chi connectivity index (χ0) is 25.7. The van der Waals surface area contributed by atoms with Crippen molar-refractivity contribution in [1.82, 2.24) is 10.6 Å². The smallest absolute Gasteiger partial charge is 0.408 e. The second-order valence-electron chi connectivity index (χ2n) is 7.87. The topological polar surface area (TPSA) is 112 Å². The first-order valence-corrected chi connectivity index (χ1v) is 10.2. The highest BCUT2D eigenvalue weighted by Crippen LogP contribution is 2.09. The number of alkyl carbamates (subject to hydrolysis) is 1. The number of carbonyl (C=O) groups excluding carboxylic acids is 3. The van der Waals surface area contributed by atoms with Gasteiger partial charge in [-0.05, 0) is 26.3 Å².